The highest BCUT2D eigenvalue weighted by Crippen LogP contribution is 2.23. The molecule has 0 aliphatic rings. The number of halogens is 1. The second-order valence-corrected chi connectivity index (χ2v) is 4.15. The van der Waals surface area contributed by atoms with Crippen molar-refractivity contribution in [3.8, 4) is 11.1 Å². The molecule has 1 N–H and O–H groups in total. The maximum absolute atomic E-state index is 13.2. The van der Waals surface area contributed by atoms with Crippen molar-refractivity contribution in [1.82, 2.24) is 5.32 Å². The van der Waals surface area contributed by atoms with Gasteiger partial charge in [-0.25, -0.2) is 4.39 Å². The topological polar surface area (TPSA) is 12.0 Å². The van der Waals surface area contributed by atoms with E-state index in [2.05, 4.69) is 24.4 Å². The van der Waals surface area contributed by atoms with Gasteiger partial charge in [0.25, 0.3) is 0 Å². The number of nitrogens with one attached hydrogen (secondary N) is 1. The number of hydrogen-bond acceptors (Lipinski definition) is 1. The zero-order valence-corrected chi connectivity index (χ0v) is 10.1. The molecule has 1 atom stereocenters. The Kier molecular flexibility index (Phi) is 3.55. The Hall–Kier alpha value is -1.67. The Morgan fingerprint density at radius 2 is 1.65 bits per heavy atom. The van der Waals surface area contributed by atoms with Gasteiger partial charge in [-0.1, -0.05) is 30.3 Å². The van der Waals surface area contributed by atoms with Crippen LogP contribution < -0.4 is 5.32 Å². The lowest BCUT2D eigenvalue weighted by atomic mass is 10.0. The Balaban J connectivity index is 2.39. The summed E-state index contributed by atoms with van der Waals surface area (Å²) >= 11 is 0. The van der Waals surface area contributed by atoms with Crippen LogP contribution in [0.3, 0.4) is 0 Å². The molecule has 0 amide bonds. The largest absolute Gasteiger partial charge is 0.313 e. The van der Waals surface area contributed by atoms with E-state index in [0.29, 0.717) is 6.04 Å². The van der Waals surface area contributed by atoms with E-state index in [4.69, 9.17) is 0 Å². The van der Waals surface area contributed by atoms with Crippen LogP contribution in [0.25, 0.3) is 11.1 Å². The van der Waals surface area contributed by atoms with Gasteiger partial charge in [-0.15, -0.1) is 0 Å². The smallest absolute Gasteiger partial charge is 0.123 e. The Morgan fingerprint density at radius 3 is 2.29 bits per heavy atom. The molecule has 2 aromatic rings. The normalized spacial score (nSPS) is 12.4. The van der Waals surface area contributed by atoms with E-state index in [1.165, 1.54) is 11.6 Å². The van der Waals surface area contributed by atoms with Gasteiger partial charge >= 0.3 is 0 Å². The van der Waals surface area contributed by atoms with Gasteiger partial charge in [-0.2, -0.15) is 0 Å². The van der Waals surface area contributed by atoms with Crippen molar-refractivity contribution >= 4 is 0 Å². The highest BCUT2D eigenvalue weighted by molar-refractivity contribution is 5.64. The first-order valence-corrected chi connectivity index (χ1v) is 5.74. The van der Waals surface area contributed by atoms with Crippen molar-refractivity contribution < 1.29 is 4.39 Å². The summed E-state index contributed by atoms with van der Waals surface area (Å²) in [5.41, 5.74) is 3.16. The lowest BCUT2D eigenvalue weighted by Gasteiger charge is -2.12. The van der Waals surface area contributed by atoms with Crippen LogP contribution in [0.4, 0.5) is 4.39 Å². The lowest BCUT2D eigenvalue weighted by molar-refractivity contribution is 0.628. The lowest BCUT2D eigenvalue weighted by Crippen LogP contribution is -2.12. The van der Waals surface area contributed by atoms with Crippen LogP contribution in [0.1, 0.15) is 18.5 Å². The molecule has 2 aromatic carbocycles. The van der Waals surface area contributed by atoms with E-state index < -0.39 is 0 Å². The molecule has 17 heavy (non-hydrogen) atoms. The highest BCUT2D eigenvalue weighted by atomic mass is 19.1. The van der Waals surface area contributed by atoms with Crippen LogP contribution in [-0.2, 0) is 0 Å². The molecular weight excluding hydrogens is 213 g/mol. The third-order valence-electron chi connectivity index (χ3n) is 2.98. The molecule has 0 spiro atoms. The molecule has 0 saturated heterocycles. The van der Waals surface area contributed by atoms with Crippen molar-refractivity contribution in [2.75, 3.05) is 7.05 Å². The molecule has 0 radical (unpaired) electrons. The van der Waals surface area contributed by atoms with Crippen molar-refractivity contribution in [2.24, 2.45) is 0 Å². The molecule has 0 aliphatic heterocycles. The Labute approximate surface area is 101 Å². The predicted octanol–water partition coefficient (Wildman–Crippen LogP) is 3.77. The molecular formula is C15H16FN. The van der Waals surface area contributed by atoms with E-state index in [0.717, 1.165) is 11.1 Å². The third kappa shape index (κ3) is 2.71. The summed E-state index contributed by atoms with van der Waals surface area (Å²) in [5, 5.41) is 3.20. The summed E-state index contributed by atoms with van der Waals surface area (Å²) in [6.07, 6.45) is 0. The molecule has 0 aromatic heterocycles. The van der Waals surface area contributed by atoms with Gasteiger partial charge in [0.05, 0.1) is 0 Å². The van der Waals surface area contributed by atoms with Gasteiger partial charge in [0.15, 0.2) is 0 Å². The molecule has 1 unspecified atom stereocenters. The van der Waals surface area contributed by atoms with Gasteiger partial charge in [0.1, 0.15) is 5.82 Å². The first kappa shape index (κ1) is 11.8. The molecule has 0 bridgehead atoms. The second-order valence-electron chi connectivity index (χ2n) is 4.15. The second kappa shape index (κ2) is 5.11. The minimum atomic E-state index is -0.199. The first-order valence-electron chi connectivity index (χ1n) is 5.74. The SMILES string of the molecule is CNC(C)c1cccc(-c2cccc(F)c2)c1. The van der Waals surface area contributed by atoms with Gasteiger partial charge in [-0.05, 0) is 48.9 Å². The van der Waals surface area contributed by atoms with Crippen LogP contribution in [0.5, 0.6) is 0 Å². The maximum atomic E-state index is 13.2. The van der Waals surface area contributed by atoms with E-state index in [1.54, 1.807) is 12.1 Å². The molecule has 2 heteroatoms. The van der Waals surface area contributed by atoms with Crippen LogP contribution in [0, 0.1) is 5.82 Å². The van der Waals surface area contributed by atoms with Crippen LogP contribution in [0.2, 0.25) is 0 Å². The minimum Gasteiger partial charge on any atom is -0.313 e. The van der Waals surface area contributed by atoms with Crippen molar-refractivity contribution in [1.29, 1.82) is 0 Å². The summed E-state index contributed by atoms with van der Waals surface area (Å²) in [7, 11) is 1.93. The van der Waals surface area contributed by atoms with Crippen molar-refractivity contribution in [3.63, 3.8) is 0 Å². The van der Waals surface area contributed by atoms with Gasteiger partial charge in [0.2, 0.25) is 0 Å². The van der Waals surface area contributed by atoms with Crippen molar-refractivity contribution in [3.05, 3.63) is 59.9 Å². The van der Waals surface area contributed by atoms with Crippen LogP contribution in [0.15, 0.2) is 48.5 Å². The van der Waals surface area contributed by atoms with E-state index in [-0.39, 0.29) is 5.82 Å². The summed E-state index contributed by atoms with van der Waals surface area (Å²) in [4.78, 5) is 0. The zero-order valence-electron chi connectivity index (χ0n) is 10.1. The number of rotatable bonds is 3. The fourth-order valence-electron chi connectivity index (χ4n) is 1.82. The monoisotopic (exact) mass is 229 g/mol. The Bertz CT molecular complexity index is 508. The van der Waals surface area contributed by atoms with Gasteiger partial charge in [0, 0.05) is 6.04 Å². The molecule has 0 fully saturated rings. The molecule has 0 aliphatic carbocycles. The average Bonchev–Trinajstić information content (AvgIpc) is 2.38. The summed E-state index contributed by atoms with van der Waals surface area (Å²) < 4.78 is 13.2. The molecule has 2 rings (SSSR count). The fourth-order valence-corrected chi connectivity index (χ4v) is 1.82. The summed E-state index contributed by atoms with van der Waals surface area (Å²) in [6, 6.07) is 15.1. The first-order chi connectivity index (χ1) is 8.20. The third-order valence-corrected chi connectivity index (χ3v) is 2.98. The highest BCUT2D eigenvalue weighted by Gasteiger charge is 2.04. The fraction of sp³-hybridized carbons (Fsp3) is 0.200. The maximum Gasteiger partial charge on any atom is 0.123 e. The van der Waals surface area contributed by atoms with Crippen molar-refractivity contribution in [2.45, 2.75) is 13.0 Å². The molecule has 88 valence electrons. The molecule has 1 nitrogen and oxygen atoms in total. The quantitative estimate of drug-likeness (QED) is 0.844. The Morgan fingerprint density at radius 1 is 1.00 bits per heavy atom. The molecule has 0 heterocycles. The predicted molar refractivity (Wildman–Crippen MR) is 69.3 cm³/mol. The van der Waals surface area contributed by atoms with E-state index in [9.17, 15) is 4.39 Å². The van der Waals surface area contributed by atoms with Gasteiger partial charge in [-0.3, -0.25) is 0 Å². The summed E-state index contributed by atoms with van der Waals surface area (Å²) in [5.74, 6) is -0.199. The number of hydrogen-bond donors (Lipinski definition) is 1. The van der Waals surface area contributed by atoms with Crippen LogP contribution in [-0.4, -0.2) is 7.05 Å². The molecule has 0 saturated carbocycles. The van der Waals surface area contributed by atoms with Gasteiger partial charge < -0.3 is 5.32 Å². The standard InChI is InChI=1S/C15H16FN/c1-11(17-2)12-5-3-6-13(9-12)14-7-4-8-15(16)10-14/h3-11,17H,1-2H3. The zero-order chi connectivity index (χ0) is 12.3. The summed E-state index contributed by atoms with van der Waals surface area (Å²) in [6.45, 7) is 2.10. The average molecular weight is 229 g/mol. The van der Waals surface area contributed by atoms with E-state index in [1.807, 2.05) is 25.2 Å². The van der Waals surface area contributed by atoms with E-state index >= 15 is 0 Å². The number of benzene rings is 2. The van der Waals surface area contributed by atoms with Crippen LogP contribution >= 0.6 is 0 Å². The minimum absolute atomic E-state index is 0.199.